The molecule has 1 heterocycles. The van der Waals surface area contributed by atoms with Gasteiger partial charge in [-0.15, -0.1) is 0 Å². The van der Waals surface area contributed by atoms with Crippen LogP contribution < -0.4 is 0 Å². The third-order valence-electron chi connectivity index (χ3n) is 3.84. The lowest BCUT2D eigenvalue weighted by atomic mass is 9.97. The highest BCUT2D eigenvalue weighted by Gasteiger charge is 2.14. The fourth-order valence-electron chi connectivity index (χ4n) is 2.40. The molecule has 1 aromatic carbocycles. The van der Waals surface area contributed by atoms with Crippen LogP contribution in [0.2, 0.25) is 0 Å². The Labute approximate surface area is 105 Å². The highest BCUT2D eigenvalue weighted by atomic mass is 15.2. The quantitative estimate of drug-likeness (QED) is 0.786. The first kappa shape index (κ1) is 12.6. The van der Waals surface area contributed by atoms with Gasteiger partial charge in [-0.05, 0) is 31.5 Å². The standard InChI is InChI=1S/C15H24N2/c1-14(15-6-4-3-5-7-15)8-9-17-12-10-16(2)11-13-17/h3-7,14H,8-13H2,1-2H3. The maximum atomic E-state index is 2.60. The van der Waals surface area contributed by atoms with Gasteiger partial charge in [-0.3, -0.25) is 0 Å². The molecule has 0 N–H and O–H groups in total. The van der Waals surface area contributed by atoms with Crippen molar-refractivity contribution in [2.24, 2.45) is 0 Å². The van der Waals surface area contributed by atoms with Crippen LogP contribution >= 0.6 is 0 Å². The summed E-state index contributed by atoms with van der Waals surface area (Å²) in [6.45, 7) is 8.49. The van der Waals surface area contributed by atoms with Crippen molar-refractivity contribution in [2.75, 3.05) is 39.8 Å². The summed E-state index contributed by atoms with van der Waals surface area (Å²) in [7, 11) is 2.21. The summed E-state index contributed by atoms with van der Waals surface area (Å²) in [6.07, 6.45) is 1.27. The maximum Gasteiger partial charge on any atom is 0.0110 e. The van der Waals surface area contributed by atoms with Gasteiger partial charge < -0.3 is 9.80 Å². The second-order valence-electron chi connectivity index (χ2n) is 5.25. The zero-order chi connectivity index (χ0) is 12.1. The highest BCUT2D eigenvalue weighted by Crippen LogP contribution is 2.18. The number of rotatable bonds is 4. The fraction of sp³-hybridized carbons (Fsp3) is 0.600. The third kappa shape index (κ3) is 3.83. The van der Waals surface area contributed by atoms with Gasteiger partial charge in [0.25, 0.3) is 0 Å². The number of nitrogens with zero attached hydrogens (tertiary/aromatic N) is 2. The Kier molecular flexibility index (Phi) is 4.57. The molecule has 0 bridgehead atoms. The van der Waals surface area contributed by atoms with Crippen molar-refractivity contribution in [3.63, 3.8) is 0 Å². The number of benzene rings is 1. The van der Waals surface area contributed by atoms with E-state index in [0.29, 0.717) is 5.92 Å². The molecule has 2 rings (SSSR count). The van der Waals surface area contributed by atoms with Gasteiger partial charge in [0, 0.05) is 26.2 Å². The van der Waals surface area contributed by atoms with Gasteiger partial charge in [-0.2, -0.15) is 0 Å². The molecular weight excluding hydrogens is 208 g/mol. The summed E-state index contributed by atoms with van der Waals surface area (Å²) >= 11 is 0. The first-order valence-electron chi connectivity index (χ1n) is 6.71. The second-order valence-corrected chi connectivity index (χ2v) is 5.25. The Morgan fingerprint density at radius 1 is 1.06 bits per heavy atom. The van der Waals surface area contributed by atoms with E-state index < -0.39 is 0 Å². The molecule has 0 aliphatic carbocycles. The van der Waals surface area contributed by atoms with Crippen LogP contribution in [0.3, 0.4) is 0 Å². The topological polar surface area (TPSA) is 6.48 Å². The van der Waals surface area contributed by atoms with Crippen molar-refractivity contribution in [1.29, 1.82) is 0 Å². The predicted octanol–water partition coefficient (Wildman–Crippen LogP) is 2.43. The lowest BCUT2D eigenvalue weighted by Crippen LogP contribution is -2.44. The minimum atomic E-state index is 0.677. The van der Waals surface area contributed by atoms with E-state index in [1.54, 1.807) is 0 Å². The lowest BCUT2D eigenvalue weighted by molar-refractivity contribution is 0.151. The Bertz CT molecular complexity index is 315. The van der Waals surface area contributed by atoms with Crippen LogP contribution in [0.1, 0.15) is 24.8 Å². The molecule has 2 nitrogen and oxygen atoms in total. The van der Waals surface area contributed by atoms with Crippen LogP contribution in [-0.2, 0) is 0 Å². The summed E-state index contributed by atoms with van der Waals surface area (Å²) in [5.41, 5.74) is 1.47. The van der Waals surface area contributed by atoms with E-state index in [9.17, 15) is 0 Å². The average molecular weight is 232 g/mol. The van der Waals surface area contributed by atoms with Gasteiger partial charge in [0.1, 0.15) is 0 Å². The summed E-state index contributed by atoms with van der Waals surface area (Å²) in [6, 6.07) is 10.9. The number of hydrogen-bond acceptors (Lipinski definition) is 2. The second kappa shape index (κ2) is 6.18. The van der Waals surface area contributed by atoms with Crippen molar-refractivity contribution in [2.45, 2.75) is 19.3 Å². The van der Waals surface area contributed by atoms with Crippen LogP contribution in [0.25, 0.3) is 0 Å². The Balaban J connectivity index is 1.75. The Hall–Kier alpha value is -0.860. The van der Waals surface area contributed by atoms with Crippen LogP contribution in [0.15, 0.2) is 30.3 Å². The number of likely N-dealkylation sites (N-methyl/N-ethyl adjacent to an activating group) is 1. The molecule has 0 radical (unpaired) electrons. The number of hydrogen-bond donors (Lipinski definition) is 0. The van der Waals surface area contributed by atoms with Crippen molar-refractivity contribution in [1.82, 2.24) is 9.80 Å². The third-order valence-corrected chi connectivity index (χ3v) is 3.84. The van der Waals surface area contributed by atoms with E-state index in [2.05, 4.69) is 54.1 Å². The van der Waals surface area contributed by atoms with Gasteiger partial charge >= 0.3 is 0 Å². The molecule has 1 saturated heterocycles. The number of piperazine rings is 1. The summed E-state index contributed by atoms with van der Waals surface area (Å²) in [5.74, 6) is 0.677. The van der Waals surface area contributed by atoms with E-state index in [1.807, 2.05) is 0 Å². The highest BCUT2D eigenvalue weighted by molar-refractivity contribution is 5.18. The normalized spacial score (nSPS) is 20.4. The van der Waals surface area contributed by atoms with E-state index in [4.69, 9.17) is 0 Å². The van der Waals surface area contributed by atoms with Gasteiger partial charge in [0.2, 0.25) is 0 Å². The molecule has 2 heteroatoms. The fourth-order valence-corrected chi connectivity index (χ4v) is 2.40. The molecule has 0 aromatic heterocycles. The summed E-state index contributed by atoms with van der Waals surface area (Å²) in [5, 5.41) is 0. The lowest BCUT2D eigenvalue weighted by Gasteiger charge is -2.32. The summed E-state index contributed by atoms with van der Waals surface area (Å²) in [4.78, 5) is 5.01. The molecule has 1 aromatic rings. The average Bonchev–Trinajstić information content (AvgIpc) is 2.39. The minimum absolute atomic E-state index is 0.677. The molecule has 0 amide bonds. The van der Waals surface area contributed by atoms with E-state index in [1.165, 1.54) is 44.7 Å². The van der Waals surface area contributed by atoms with Crippen molar-refractivity contribution < 1.29 is 0 Å². The molecule has 1 atom stereocenters. The Morgan fingerprint density at radius 3 is 2.35 bits per heavy atom. The smallest absolute Gasteiger partial charge is 0.0110 e. The molecular formula is C15H24N2. The zero-order valence-corrected chi connectivity index (χ0v) is 11.1. The van der Waals surface area contributed by atoms with Crippen LogP contribution in [0, 0.1) is 0 Å². The van der Waals surface area contributed by atoms with Crippen LogP contribution in [0.5, 0.6) is 0 Å². The molecule has 0 saturated carbocycles. The first-order chi connectivity index (χ1) is 8.25. The van der Waals surface area contributed by atoms with Gasteiger partial charge in [0.05, 0.1) is 0 Å². The van der Waals surface area contributed by atoms with Crippen molar-refractivity contribution >= 4 is 0 Å². The molecule has 1 aliphatic heterocycles. The van der Waals surface area contributed by atoms with Gasteiger partial charge in [-0.25, -0.2) is 0 Å². The van der Waals surface area contributed by atoms with E-state index in [-0.39, 0.29) is 0 Å². The van der Waals surface area contributed by atoms with Gasteiger partial charge in [-0.1, -0.05) is 37.3 Å². The van der Waals surface area contributed by atoms with Crippen LogP contribution in [-0.4, -0.2) is 49.6 Å². The van der Waals surface area contributed by atoms with Crippen LogP contribution in [0.4, 0.5) is 0 Å². The SMILES string of the molecule is CC(CCN1CCN(C)CC1)c1ccccc1. The van der Waals surface area contributed by atoms with Crippen molar-refractivity contribution in [3.8, 4) is 0 Å². The minimum Gasteiger partial charge on any atom is -0.304 e. The van der Waals surface area contributed by atoms with Crippen molar-refractivity contribution in [3.05, 3.63) is 35.9 Å². The van der Waals surface area contributed by atoms with E-state index >= 15 is 0 Å². The monoisotopic (exact) mass is 232 g/mol. The summed E-state index contributed by atoms with van der Waals surface area (Å²) < 4.78 is 0. The molecule has 94 valence electrons. The molecule has 17 heavy (non-hydrogen) atoms. The molecule has 1 aliphatic rings. The molecule has 0 spiro atoms. The van der Waals surface area contributed by atoms with Gasteiger partial charge in [0.15, 0.2) is 0 Å². The molecule has 1 fully saturated rings. The molecule has 1 unspecified atom stereocenters. The largest absolute Gasteiger partial charge is 0.304 e. The first-order valence-corrected chi connectivity index (χ1v) is 6.71. The zero-order valence-electron chi connectivity index (χ0n) is 11.1. The van der Waals surface area contributed by atoms with E-state index in [0.717, 1.165) is 0 Å². The maximum absolute atomic E-state index is 2.60. The predicted molar refractivity (Wildman–Crippen MR) is 73.4 cm³/mol. The Morgan fingerprint density at radius 2 is 1.71 bits per heavy atom.